The largest absolute Gasteiger partial charge is 0.255 e. The standard InChI is InChI=1S/C27H19N7/c1-3-16-28-22(10-1)24-12-5-8-20(32-24)18-30-26-14-7-15-27(34-26)31-19-21-9-6-13-25(33-21)23-11-2-4-17-29-23/h1-19H/b30-18+,31-19+. The molecule has 0 spiro atoms. The Morgan fingerprint density at radius 3 is 1.38 bits per heavy atom. The van der Waals surface area contributed by atoms with Gasteiger partial charge in [-0.2, -0.15) is 0 Å². The molecule has 5 aromatic heterocycles. The predicted molar refractivity (Wildman–Crippen MR) is 134 cm³/mol. The van der Waals surface area contributed by atoms with Gasteiger partial charge in [0.1, 0.15) is 0 Å². The van der Waals surface area contributed by atoms with Gasteiger partial charge < -0.3 is 0 Å². The number of hydrogen-bond acceptors (Lipinski definition) is 7. The van der Waals surface area contributed by atoms with Crippen LogP contribution in [-0.4, -0.2) is 37.3 Å². The van der Waals surface area contributed by atoms with E-state index in [1.807, 2.05) is 91.0 Å². The number of nitrogens with zero attached hydrogens (tertiary/aromatic N) is 7. The molecule has 0 atom stereocenters. The number of pyridine rings is 5. The van der Waals surface area contributed by atoms with Gasteiger partial charge in [0.05, 0.1) is 46.6 Å². The second kappa shape index (κ2) is 10.1. The first kappa shape index (κ1) is 21.0. The van der Waals surface area contributed by atoms with Crippen molar-refractivity contribution in [2.45, 2.75) is 0 Å². The lowest BCUT2D eigenvalue weighted by Gasteiger charge is -2.01. The molecule has 7 heteroatoms. The summed E-state index contributed by atoms with van der Waals surface area (Å²) in [7, 11) is 0. The summed E-state index contributed by atoms with van der Waals surface area (Å²) in [5.41, 5.74) is 4.64. The van der Waals surface area contributed by atoms with Crippen molar-refractivity contribution in [1.29, 1.82) is 0 Å². The minimum Gasteiger partial charge on any atom is -0.255 e. The molecule has 5 rings (SSSR count). The molecule has 7 nitrogen and oxygen atoms in total. The Labute approximate surface area is 196 Å². The van der Waals surface area contributed by atoms with E-state index >= 15 is 0 Å². The Morgan fingerprint density at radius 2 is 0.912 bits per heavy atom. The normalized spacial score (nSPS) is 11.3. The highest BCUT2D eigenvalue weighted by molar-refractivity contribution is 5.81. The van der Waals surface area contributed by atoms with Gasteiger partial charge in [-0.1, -0.05) is 30.3 Å². The van der Waals surface area contributed by atoms with Gasteiger partial charge in [0.15, 0.2) is 11.6 Å². The Morgan fingerprint density at radius 1 is 0.441 bits per heavy atom. The molecule has 0 aliphatic carbocycles. The molecule has 0 saturated carbocycles. The third-order valence-electron chi connectivity index (χ3n) is 4.77. The molecule has 0 amide bonds. The lowest BCUT2D eigenvalue weighted by molar-refractivity contribution is 1.22. The first-order valence-electron chi connectivity index (χ1n) is 10.7. The molecule has 5 heterocycles. The average molecular weight is 441 g/mol. The van der Waals surface area contributed by atoms with Gasteiger partial charge in [-0.05, 0) is 60.7 Å². The van der Waals surface area contributed by atoms with E-state index in [-0.39, 0.29) is 0 Å². The zero-order valence-electron chi connectivity index (χ0n) is 18.1. The van der Waals surface area contributed by atoms with E-state index in [1.165, 1.54) is 0 Å². The molecule has 0 N–H and O–H groups in total. The predicted octanol–water partition coefficient (Wildman–Crippen LogP) is 5.50. The molecule has 162 valence electrons. The van der Waals surface area contributed by atoms with Crippen LogP contribution in [0.1, 0.15) is 11.4 Å². The summed E-state index contributed by atoms with van der Waals surface area (Å²) in [6.45, 7) is 0. The number of aromatic nitrogens is 5. The fourth-order valence-corrected chi connectivity index (χ4v) is 3.18. The fraction of sp³-hybridized carbons (Fsp3) is 0. The van der Waals surface area contributed by atoms with Crippen LogP contribution in [0.2, 0.25) is 0 Å². The Bertz CT molecular complexity index is 1340. The number of hydrogen-bond donors (Lipinski definition) is 0. The Hall–Kier alpha value is -4.91. The van der Waals surface area contributed by atoms with Gasteiger partial charge >= 0.3 is 0 Å². The summed E-state index contributed by atoms with van der Waals surface area (Å²) in [6.07, 6.45) is 6.86. The Balaban J connectivity index is 1.32. The van der Waals surface area contributed by atoms with Crippen molar-refractivity contribution in [3.8, 4) is 22.8 Å². The van der Waals surface area contributed by atoms with Crippen LogP contribution >= 0.6 is 0 Å². The summed E-state index contributed by atoms with van der Waals surface area (Å²) in [5.74, 6) is 1.07. The van der Waals surface area contributed by atoms with Crippen LogP contribution in [-0.2, 0) is 0 Å². The molecule has 0 aliphatic heterocycles. The van der Waals surface area contributed by atoms with Crippen LogP contribution in [0.15, 0.2) is 113 Å². The zero-order chi connectivity index (χ0) is 23.0. The Kier molecular flexibility index (Phi) is 6.25. The van der Waals surface area contributed by atoms with Gasteiger partial charge in [0.25, 0.3) is 0 Å². The van der Waals surface area contributed by atoms with Crippen LogP contribution in [0.3, 0.4) is 0 Å². The van der Waals surface area contributed by atoms with E-state index in [2.05, 4.69) is 34.9 Å². The van der Waals surface area contributed by atoms with Gasteiger partial charge in [-0.3, -0.25) is 9.97 Å². The number of rotatable bonds is 6. The number of aliphatic imine (C=N–C) groups is 2. The summed E-state index contributed by atoms with van der Waals surface area (Å²) >= 11 is 0. The second-order valence-corrected chi connectivity index (χ2v) is 7.20. The maximum atomic E-state index is 4.61. The van der Waals surface area contributed by atoms with Crippen molar-refractivity contribution in [3.63, 3.8) is 0 Å². The molecule has 34 heavy (non-hydrogen) atoms. The highest BCUT2D eigenvalue weighted by Crippen LogP contribution is 2.17. The third kappa shape index (κ3) is 5.28. The molecule has 0 radical (unpaired) electrons. The lowest BCUT2D eigenvalue weighted by Crippen LogP contribution is -1.92. The highest BCUT2D eigenvalue weighted by Gasteiger charge is 2.02. The van der Waals surface area contributed by atoms with E-state index in [4.69, 9.17) is 0 Å². The van der Waals surface area contributed by atoms with Gasteiger partial charge in [-0.25, -0.2) is 24.9 Å². The molecule has 0 aliphatic rings. The van der Waals surface area contributed by atoms with Crippen molar-refractivity contribution in [3.05, 3.63) is 115 Å². The van der Waals surface area contributed by atoms with E-state index < -0.39 is 0 Å². The van der Waals surface area contributed by atoms with Crippen LogP contribution in [0.5, 0.6) is 0 Å². The van der Waals surface area contributed by atoms with Gasteiger partial charge in [-0.15, -0.1) is 0 Å². The van der Waals surface area contributed by atoms with Crippen LogP contribution in [0.4, 0.5) is 11.6 Å². The van der Waals surface area contributed by atoms with Crippen molar-refractivity contribution < 1.29 is 0 Å². The molecule has 0 bridgehead atoms. The highest BCUT2D eigenvalue weighted by atomic mass is 15.0. The smallest absolute Gasteiger partial charge is 0.154 e. The van der Waals surface area contributed by atoms with E-state index in [9.17, 15) is 0 Å². The second-order valence-electron chi connectivity index (χ2n) is 7.20. The minimum atomic E-state index is 0.537. The zero-order valence-corrected chi connectivity index (χ0v) is 18.1. The van der Waals surface area contributed by atoms with Crippen molar-refractivity contribution in [2.24, 2.45) is 9.98 Å². The lowest BCUT2D eigenvalue weighted by atomic mass is 10.2. The molecular formula is C27H19N7. The quantitative estimate of drug-likeness (QED) is 0.325. The maximum Gasteiger partial charge on any atom is 0.154 e. The molecule has 5 aromatic rings. The van der Waals surface area contributed by atoms with Crippen molar-refractivity contribution in [2.75, 3.05) is 0 Å². The van der Waals surface area contributed by atoms with Gasteiger partial charge in [0.2, 0.25) is 0 Å². The minimum absolute atomic E-state index is 0.537. The third-order valence-corrected chi connectivity index (χ3v) is 4.77. The van der Waals surface area contributed by atoms with Crippen LogP contribution in [0, 0.1) is 0 Å². The van der Waals surface area contributed by atoms with E-state index in [0.29, 0.717) is 11.6 Å². The SMILES string of the molecule is C(=N\c1cccc(/N=C/c2cccc(-c3ccccn3)n2)n1)/c1cccc(-c2ccccn2)n1. The van der Waals surface area contributed by atoms with Gasteiger partial charge in [0, 0.05) is 12.4 Å². The monoisotopic (exact) mass is 441 g/mol. The van der Waals surface area contributed by atoms with Crippen molar-refractivity contribution in [1.82, 2.24) is 24.9 Å². The average Bonchev–Trinajstić information content (AvgIpc) is 2.92. The molecule has 0 unspecified atom stereocenters. The molecule has 0 fully saturated rings. The van der Waals surface area contributed by atoms with E-state index in [0.717, 1.165) is 34.2 Å². The van der Waals surface area contributed by atoms with Crippen LogP contribution < -0.4 is 0 Å². The molecular weight excluding hydrogens is 422 g/mol. The summed E-state index contributed by atoms with van der Waals surface area (Å²) in [6, 6.07) is 28.4. The summed E-state index contributed by atoms with van der Waals surface area (Å²) < 4.78 is 0. The fourth-order valence-electron chi connectivity index (χ4n) is 3.18. The molecule has 0 aromatic carbocycles. The maximum absolute atomic E-state index is 4.61. The van der Waals surface area contributed by atoms with Crippen molar-refractivity contribution >= 4 is 24.1 Å². The molecule has 0 saturated heterocycles. The topological polar surface area (TPSA) is 89.2 Å². The first-order valence-corrected chi connectivity index (χ1v) is 10.7. The summed E-state index contributed by atoms with van der Waals surface area (Å²) in [5, 5.41) is 0. The van der Waals surface area contributed by atoms with Crippen LogP contribution in [0.25, 0.3) is 22.8 Å². The summed E-state index contributed by atoms with van der Waals surface area (Å²) in [4.78, 5) is 31.3. The first-order chi connectivity index (χ1) is 16.8. The van der Waals surface area contributed by atoms with E-state index in [1.54, 1.807) is 24.8 Å².